The summed E-state index contributed by atoms with van der Waals surface area (Å²) < 4.78 is 21.1. The zero-order valence-corrected chi connectivity index (χ0v) is 22.0. The highest BCUT2D eigenvalue weighted by molar-refractivity contribution is 6.13. The number of Topliss-reactive ketones (excluding diaryl/α,β-unsaturated/α-hetero) is 2. The van der Waals surface area contributed by atoms with Gasteiger partial charge in [0.15, 0.2) is 11.6 Å². The molecule has 0 unspecified atom stereocenters. The number of carboxylic acid groups (broad SMARTS) is 1. The van der Waals surface area contributed by atoms with Crippen LogP contribution in [-0.2, 0) is 11.2 Å². The first-order chi connectivity index (χ1) is 18.7. The summed E-state index contributed by atoms with van der Waals surface area (Å²) in [6, 6.07) is 15.4. The molecule has 5 nitrogen and oxygen atoms in total. The lowest BCUT2D eigenvalue weighted by Gasteiger charge is -2.62. The van der Waals surface area contributed by atoms with Crippen molar-refractivity contribution in [2.24, 2.45) is 11.3 Å². The Hall–Kier alpha value is -4.06. The number of rotatable bonds is 9. The van der Waals surface area contributed by atoms with Gasteiger partial charge in [-0.25, -0.2) is 4.39 Å². The maximum absolute atomic E-state index is 14.9. The molecule has 0 spiro atoms. The van der Waals surface area contributed by atoms with Gasteiger partial charge in [0.1, 0.15) is 17.2 Å². The van der Waals surface area contributed by atoms with Crippen molar-refractivity contribution in [2.75, 3.05) is 0 Å². The second-order valence-corrected chi connectivity index (χ2v) is 11.3. The average molecular weight is 525 g/mol. The molecule has 0 aliphatic heterocycles. The van der Waals surface area contributed by atoms with Crippen LogP contribution in [0.2, 0.25) is 0 Å². The lowest BCUT2D eigenvalue weighted by atomic mass is 9.43. The minimum absolute atomic E-state index is 0.0241. The van der Waals surface area contributed by atoms with Crippen molar-refractivity contribution < 1.29 is 28.3 Å². The predicted molar refractivity (Wildman–Crippen MR) is 146 cm³/mol. The Balaban J connectivity index is 1.50. The SMILES string of the molecule is CCC(=O)c1c(-c2ccc(C)cc2)oc2cc(CC(=O)O)c(-c3ccc(F)c(C(=O)CC45CC(C4)C5)c3)cc12. The van der Waals surface area contributed by atoms with Crippen molar-refractivity contribution in [3.05, 3.63) is 82.7 Å². The summed E-state index contributed by atoms with van der Waals surface area (Å²) in [6.07, 6.45) is 3.42. The largest absolute Gasteiger partial charge is 0.481 e. The molecule has 0 amide bonds. The quantitative estimate of drug-likeness (QED) is 0.226. The van der Waals surface area contributed by atoms with Crippen LogP contribution >= 0.6 is 0 Å². The van der Waals surface area contributed by atoms with Gasteiger partial charge in [0.05, 0.1) is 17.5 Å². The fourth-order valence-electron chi connectivity index (χ4n) is 6.34. The van der Waals surface area contributed by atoms with E-state index in [-0.39, 0.29) is 35.4 Å². The van der Waals surface area contributed by atoms with Crippen LogP contribution in [0.1, 0.15) is 70.9 Å². The van der Waals surface area contributed by atoms with Crippen LogP contribution < -0.4 is 0 Å². The van der Waals surface area contributed by atoms with Crippen LogP contribution in [0.25, 0.3) is 33.4 Å². The lowest BCUT2D eigenvalue weighted by Crippen LogP contribution is -2.52. The summed E-state index contributed by atoms with van der Waals surface area (Å²) in [6.45, 7) is 3.76. The van der Waals surface area contributed by atoms with E-state index in [4.69, 9.17) is 4.42 Å². The zero-order valence-electron chi connectivity index (χ0n) is 22.0. The Morgan fingerprint density at radius 1 is 0.974 bits per heavy atom. The van der Waals surface area contributed by atoms with Gasteiger partial charge >= 0.3 is 5.97 Å². The molecule has 1 heterocycles. The van der Waals surface area contributed by atoms with Gasteiger partial charge in [-0.3, -0.25) is 14.4 Å². The van der Waals surface area contributed by atoms with Gasteiger partial charge in [-0.05, 0) is 78.5 Å². The minimum atomic E-state index is -1.03. The van der Waals surface area contributed by atoms with E-state index in [2.05, 4.69) is 0 Å². The molecule has 39 heavy (non-hydrogen) atoms. The first-order valence-electron chi connectivity index (χ1n) is 13.4. The van der Waals surface area contributed by atoms with Crippen molar-refractivity contribution in [2.45, 2.75) is 52.4 Å². The summed E-state index contributed by atoms with van der Waals surface area (Å²) in [4.78, 5) is 38.1. The highest BCUT2D eigenvalue weighted by Gasteiger charge is 2.57. The number of benzene rings is 3. The number of hydrogen-bond acceptors (Lipinski definition) is 4. The normalized spacial score (nSPS) is 19.4. The smallest absolute Gasteiger partial charge is 0.307 e. The summed E-state index contributed by atoms with van der Waals surface area (Å²) in [5.41, 5.74) is 4.24. The highest BCUT2D eigenvalue weighted by atomic mass is 19.1. The molecule has 0 saturated heterocycles. The van der Waals surface area contributed by atoms with Crippen LogP contribution in [0.5, 0.6) is 0 Å². The van der Waals surface area contributed by atoms with Crippen LogP contribution in [0.4, 0.5) is 4.39 Å². The number of aliphatic carboxylic acids is 1. The lowest BCUT2D eigenvalue weighted by molar-refractivity contribution is -0.136. The van der Waals surface area contributed by atoms with E-state index >= 15 is 0 Å². The molecule has 1 aromatic heterocycles. The number of ketones is 2. The summed E-state index contributed by atoms with van der Waals surface area (Å²) in [7, 11) is 0. The number of aryl methyl sites for hydroxylation is 1. The molecule has 3 saturated carbocycles. The summed E-state index contributed by atoms with van der Waals surface area (Å²) >= 11 is 0. The third kappa shape index (κ3) is 4.38. The number of hydrogen-bond donors (Lipinski definition) is 1. The predicted octanol–water partition coefficient (Wildman–Crippen LogP) is 7.81. The molecule has 1 N–H and O–H groups in total. The molecular formula is C33H29FO5. The minimum Gasteiger partial charge on any atom is -0.481 e. The van der Waals surface area contributed by atoms with Crippen LogP contribution in [0.15, 0.2) is 59.0 Å². The van der Waals surface area contributed by atoms with E-state index in [1.165, 1.54) is 12.1 Å². The van der Waals surface area contributed by atoms with Crippen molar-refractivity contribution in [1.82, 2.24) is 0 Å². The van der Waals surface area contributed by atoms with E-state index < -0.39 is 11.8 Å². The number of furan rings is 1. The third-order valence-electron chi connectivity index (χ3n) is 8.45. The second kappa shape index (κ2) is 9.30. The number of carboxylic acids is 1. The molecule has 3 aliphatic rings. The Morgan fingerprint density at radius 2 is 1.67 bits per heavy atom. The Kier molecular flexibility index (Phi) is 6.01. The number of carbonyl (C=O) groups is 3. The van der Waals surface area contributed by atoms with Gasteiger partial charge in [0, 0.05) is 23.8 Å². The maximum Gasteiger partial charge on any atom is 0.307 e. The van der Waals surface area contributed by atoms with E-state index in [9.17, 15) is 23.9 Å². The molecule has 7 rings (SSSR count). The van der Waals surface area contributed by atoms with Crippen molar-refractivity contribution in [1.29, 1.82) is 0 Å². The average Bonchev–Trinajstić information content (AvgIpc) is 3.23. The zero-order chi connectivity index (χ0) is 27.5. The van der Waals surface area contributed by atoms with Crippen molar-refractivity contribution in [3.63, 3.8) is 0 Å². The van der Waals surface area contributed by atoms with E-state index in [0.29, 0.717) is 45.4 Å². The number of halogens is 1. The monoisotopic (exact) mass is 524 g/mol. The molecule has 2 bridgehead atoms. The van der Waals surface area contributed by atoms with E-state index in [1.54, 1.807) is 25.1 Å². The van der Waals surface area contributed by atoms with Crippen LogP contribution in [-0.4, -0.2) is 22.6 Å². The van der Waals surface area contributed by atoms with Gasteiger partial charge < -0.3 is 9.52 Å². The van der Waals surface area contributed by atoms with E-state index in [1.807, 2.05) is 31.2 Å². The van der Waals surface area contributed by atoms with Crippen molar-refractivity contribution >= 4 is 28.5 Å². The summed E-state index contributed by atoms with van der Waals surface area (Å²) in [5.74, 6) is -0.784. The molecule has 3 aliphatic carbocycles. The molecule has 4 aromatic rings. The van der Waals surface area contributed by atoms with Crippen LogP contribution in [0, 0.1) is 24.1 Å². The van der Waals surface area contributed by atoms with Gasteiger partial charge in [0.25, 0.3) is 0 Å². The van der Waals surface area contributed by atoms with Gasteiger partial charge in [-0.15, -0.1) is 0 Å². The molecular weight excluding hydrogens is 495 g/mol. The fourth-order valence-corrected chi connectivity index (χ4v) is 6.34. The highest BCUT2D eigenvalue weighted by Crippen LogP contribution is 2.66. The molecule has 0 atom stereocenters. The molecule has 3 fully saturated rings. The first kappa shape index (κ1) is 25.2. The van der Waals surface area contributed by atoms with Gasteiger partial charge in [0.2, 0.25) is 0 Å². The Labute approximate surface area is 225 Å². The van der Waals surface area contributed by atoms with Gasteiger partial charge in [-0.1, -0.05) is 42.8 Å². The van der Waals surface area contributed by atoms with Crippen molar-refractivity contribution in [3.8, 4) is 22.5 Å². The standard InChI is InChI=1S/C33H29FO5/c1-3-27(35)31-25-13-23(21-8-9-26(34)24(10-21)28(36)17-33-14-19(15-33)16-33)22(12-30(37)38)11-29(25)39-32(31)20-6-4-18(2)5-7-20/h4-11,13,19H,3,12,14-17H2,1-2H3,(H,37,38). The third-order valence-corrected chi connectivity index (χ3v) is 8.45. The molecule has 3 aromatic carbocycles. The molecule has 0 radical (unpaired) electrons. The maximum atomic E-state index is 14.9. The van der Waals surface area contributed by atoms with Crippen LogP contribution in [0.3, 0.4) is 0 Å². The number of fused-ring (bicyclic) bond motifs is 1. The molecule has 198 valence electrons. The number of carbonyl (C=O) groups excluding carboxylic acids is 2. The van der Waals surface area contributed by atoms with Gasteiger partial charge in [-0.2, -0.15) is 0 Å². The topological polar surface area (TPSA) is 84.6 Å². The fraction of sp³-hybridized carbons (Fsp3) is 0.303. The Bertz CT molecular complexity index is 1640. The van der Waals surface area contributed by atoms with E-state index in [0.717, 1.165) is 36.3 Å². The summed E-state index contributed by atoms with van der Waals surface area (Å²) in [5, 5.41) is 10.2. The Morgan fingerprint density at radius 3 is 2.28 bits per heavy atom. The first-order valence-corrected chi connectivity index (χ1v) is 13.4. The molecule has 6 heteroatoms. The second-order valence-electron chi connectivity index (χ2n) is 11.3.